The van der Waals surface area contributed by atoms with Crippen molar-refractivity contribution in [2.75, 3.05) is 24.7 Å². The van der Waals surface area contributed by atoms with Gasteiger partial charge in [-0.1, -0.05) is 0 Å². The number of nitrogens with zero attached hydrogens (tertiary/aromatic N) is 4. The zero-order chi connectivity index (χ0) is 21.3. The molecule has 2 bridgehead atoms. The number of aliphatic hydroxyl groups is 1. The quantitative estimate of drug-likeness (QED) is 0.649. The van der Waals surface area contributed by atoms with Gasteiger partial charge in [0.15, 0.2) is 5.65 Å². The van der Waals surface area contributed by atoms with Crippen LogP contribution in [0.25, 0.3) is 16.9 Å². The number of benzene rings is 1. The molecule has 3 N–H and O–H groups in total. The number of aliphatic hydroxyl groups excluding tert-OH is 1. The molecule has 3 aromatic rings. The van der Waals surface area contributed by atoms with E-state index in [0.717, 1.165) is 35.5 Å². The molecule has 3 aliphatic rings. The molecule has 5 heterocycles. The van der Waals surface area contributed by atoms with E-state index in [0.29, 0.717) is 29.9 Å². The number of aromatic nitrogens is 3. The van der Waals surface area contributed by atoms with Crippen molar-refractivity contribution >= 4 is 17.2 Å². The number of morpholine rings is 1. The maximum atomic E-state index is 12.5. The number of amides is 1. The Bertz CT molecular complexity index is 1220. The zero-order valence-corrected chi connectivity index (χ0v) is 17.1. The van der Waals surface area contributed by atoms with Crippen molar-refractivity contribution in [3.63, 3.8) is 0 Å². The smallest absolute Gasteiger partial charge is 0.254 e. The summed E-state index contributed by atoms with van der Waals surface area (Å²) in [5.41, 5.74) is 9.06. The van der Waals surface area contributed by atoms with E-state index in [4.69, 9.17) is 15.2 Å². The van der Waals surface area contributed by atoms with Crippen LogP contribution in [-0.2, 0) is 11.2 Å². The van der Waals surface area contributed by atoms with Gasteiger partial charge >= 0.3 is 0 Å². The Morgan fingerprint density at radius 1 is 1.42 bits per heavy atom. The van der Waals surface area contributed by atoms with Gasteiger partial charge in [0.2, 0.25) is 0 Å². The molecule has 3 atom stereocenters. The second-order valence-electron chi connectivity index (χ2n) is 8.84. The number of ether oxygens (including phenoxy) is 2. The summed E-state index contributed by atoms with van der Waals surface area (Å²) in [6.45, 7) is 3.25. The second kappa shape index (κ2) is 6.41. The molecule has 2 saturated heterocycles. The minimum absolute atomic E-state index is 0.0839. The molecular weight excluding hydrogens is 398 g/mol. The average molecular weight is 421 g/mol. The second-order valence-corrected chi connectivity index (χ2v) is 8.84. The van der Waals surface area contributed by atoms with Crippen molar-refractivity contribution in [2.45, 2.75) is 37.5 Å². The van der Waals surface area contributed by atoms with Crippen molar-refractivity contribution < 1.29 is 19.4 Å². The third-order valence-electron chi connectivity index (χ3n) is 6.54. The predicted molar refractivity (Wildman–Crippen MR) is 112 cm³/mol. The Kier molecular flexibility index (Phi) is 3.85. The van der Waals surface area contributed by atoms with Crippen LogP contribution in [0.4, 0.5) is 5.69 Å². The minimum atomic E-state index is -0.668. The summed E-state index contributed by atoms with van der Waals surface area (Å²) in [6, 6.07) is 6.05. The normalized spacial score (nSPS) is 26.5. The third kappa shape index (κ3) is 2.73. The monoisotopic (exact) mass is 421 g/mol. The molecule has 9 nitrogen and oxygen atoms in total. The summed E-state index contributed by atoms with van der Waals surface area (Å²) in [5.74, 6) is 0.180. The number of fused-ring (bicyclic) bond motifs is 4. The highest BCUT2D eigenvalue weighted by Crippen LogP contribution is 2.46. The molecule has 160 valence electrons. The molecular formula is C22H23N5O4. The Labute approximate surface area is 178 Å². The van der Waals surface area contributed by atoms with E-state index in [1.54, 1.807) is 23.0 Å². The number of rotatable bonds is 4. The van der Waals surface area contributed by atoms with Crippen LogP contribution in [-0.4, -0.2) is 63.1 Å². The molecule has 1 amide bonds. The molecule has 6 rings (SSSR count). The van der Waals surface area contributed by atoms with E-state index in [1.165, 1.54) is 0 Å². The van der Waals surface area contributed by atoms with E-state index in [1.807, 2.05) is 19.1 Å². The van der Waals surface area contributed by atoms with E-state index >= 15 is 0 Å². The fourth-order valence-corrected chi connectivity index (χ4v) is 5.06. The van der Waals surface area contributed by atoms with Crippen molar-refractivity contribution in [1.82, 2.24) is 14.6 Å². The van der Waals surface area contributed by atoms with Crippen LogP contribution in [0.3, 0.4) is 0 Å². The van der Waals surface area contributed by atoms with Gasteiger partial charge in [0.05, 0.1) is 31.0 Å². The van der Waals surface area contributed by atoms with Gasteiger partial charge < -0.3 is 25.2 Å². The average Bonchev–Trinajstić information content (AvgIpc) is 3.52. The lowest BCUT2D eigenvalue weighted by molar-refractivity contribution is 0.0446. The number of anilines is 1. The number of hydrogen-bond acceptors (Lipinski definition) is 7. The largest absolute Gasteiger partial charge is 0.484 e. The molecule has 0 saturated carbocycles. The number of carbonyl (C=O) groups excluding carboxylic acids is 1. The minimum Gasteiger partial charge on any atom is -0.484 e. The maximum Gasteiger partial charge on any atom is 0.254 e. The zero-order valence-electron chi connectivity index (χ0n) is 17.1. The molecule has 9 heteroatoms. The lowest BCUT2D eigenvalue weighted by Gasteiger charge is -2.31. The van der Waals surface area contributed by atoms with Gasteiger partial charge in [0.25, 0.3) is 5.91 Å². The van der Waals surface area contributed by atoms with Crippen LogP contribution >= 0.6 is 0 Å². The fourth-order valence-electron chi connectivity index (χ4n) is 5.06. The topological polar surface area (TPSA) is 115 Å². The SMILES string of the molecule is C[C@]1(CO)Cc2cc(-c3nn4cccnc4c3C(N)=O)c(N3C[C@@H]4C[C@H]3CO4)cc2O1. The highest BCUT2D eigenvalue weighted by Gasteiger charge is 2.42. The summed E-state index contributed by atoms with van der Waals surface area (Å²) in [6.07, 6.45) is 5.12. The summed E-state index contributed by atoms with van der Waals surface area (Å²) >= 11 is 0. The van der Waals surface area contributed by atoms with E-state index < -0.39 is 11.5 Å². The molecule has 2 fully saturated rings. The van der Waals surface area contributed by atoms with Gasteiger partial charge in [-0.3, -0.25) is 4.79 Å². The van der Waals surface area contributed by atoms with Crippen molar-refractivity contribution in [1.29, 1.82) is 0 Å². The Balaban J connectivity index is 1.58. The van der Waals surface area contributed by atoms with Gasteiger partial charge in [-0.05, 0) is 31.0 Å². The maximum absolute atomic E-state index is 12.5. The third-order valence-corrected chi connectivity index (χ3v) is 6.54. The van der Waals surface area contributed by atoms with Crippen LogP contribution in [0.1, 0.15) is 29.3 Å². The summed E-state index contributed by atoms with van der Waals surface area (Å²) < 4.78 is 13.5. The first-order valence-corrected chi connectivity index (χ1v) is 10.4. The van der Waals surface area contributed by atoms with Crippen LogP contribution in [0.15, 0.2) is 30.6 Å². The standard InChI is InChI=1S/C22H23N5O4/c1-22(11-28)8-12-5-15(19-18(20(23)29)21-24-3-2-4-27(21)25-19)16(7-17(12)31-22)26-9-14-6-13(26)10-30-14/h2-5,7,13-14,28H,6,8-11H2,1H3,(H2,23,29)/t13-,14-,22+/m0/s1. The molecule has 31 heavy (non-hydrogen) atoms. The van der Waals surface area contributed by atoms with Crippen molar-refractivity contribution in [3.8, 4) is 17.0 Å². The van der Waals surface area contributed by atoms with Crippen LogP contribution in [0.5, 0.6) is 5.75 Å². The Hall–Kier alpha value is -3.17. The number of carbonyl (C=O) groups is 1. The number of hydrogen-bond donors (Lipinski definition) is 2. The van der Waals surface area contributed by atoms with Gasteiger partial charge in [-0.15, -0.1) is 0 Å². The molecule has 2 aromatic heterocycles. The number of nitrogens with two attached hydrogens (primary N) is 1. The molecule has 0 aliphatic carbocycles. The fraction of sp³-hybridized carbons (Fsp3) is 0.409. The highest BCUT2D eigenvalue weighted by molar-refractivity contribution is 6.06. The summed E-state index contributed by atoms with van der Waals surface area (Å²) in [4.78, 5) is 19.1. The molecule has 0 spiro atoms. The highest BCUT2D eigenvalue weighted by atomic mass is 16.5. The molecule has 3 aliphatic heterocycles. The molecule has 0 radical (unpaired) electrons. The predicted octanol–water partition coefficient (Wildman–Crippen LogP) is 1.16. The first-order chi connectivity index (χ1) is 15.0. The Morgan fingerprint density at radius 3 is 3.00 bits per heavy atom. The lowest BCUT2D eigenvalue weighted by atomic mass is 9.96. The first-order valence-electron chi connectivity index (χ1n) is 10.4. The molecule has 0 unspecified atom stereocenters. The van der Waals surface area contributed by atoms with E-state index in [9.17, 15) is 9.90 Å². The molecule has 1 aromatic carbocycles. The summed E-state index contributed by atoms with van der Waals surface area (Å²) in [7, 11) is 0. The van der Waals surface area contributed by atoms with Crippen molar-refractivity contribution in [3.05, 3.63) is 41.7 Å². The van der Waals surface area contributed by atoms with Crippen LogP contribution in [0, 0.1) is 0 Å². The van der Waals surface area contributed by atoms with E-state index in [2.05, 4.69) is 15.0 Å². The summed E-state index contributed by atoms with van der Waals surface area (Å²) in [5, 5.41) is 14.5. The Morgan fingerprint density at radius 2 is 2.29 bits per heavy atom. The van der Waals surface area contributed by atoms with Gasteiger partial charge in [-0.2, -0.15) is 5.10 Å². The van der Waals surface area contributed by atoms with Crippen LogP contribution in [0.2, 0.25) is 0 Å². The van der Waals surface area contributed by atoms with Crippen molar-refractivity contribution in [2.24, 2.45) is 5.73 Å². The lowest BCUT2D eigenvalue weighted by Crippen LogP contribution is -2.37. The van der Waals surface area contributed by atoms with Gasteiger partial charge in [0.1, 0.15) is 22.6 Å². The first kappa shape index (κ1) is 18.6. The van der Waals surface area contributed by atoms with Crippen LogP contribution < -0.4 is 15.4 Å². The van der Waals surface area contributed by atoms with Gasteiger partial charge in [-0.25, -0.2) is 9.50 Å². The van der Waals surface area contributed by atoms with E-state index in [-0.39, 0.29) is 18.8 Å². The van der Waals surface area contributed by atoms with Gasteiger partial charge in [0, 0.05) is 37.0 Å². The number of primary amides is 1.